The summed E-state index contributed by atoms with van der Waals surface area (Å²) in [4.78, 5) is 37.5. The van der Waals surface area contributed by atoms with E-state index in [0.717, 1.165) is 5.56 Å². The number of ketones is 2. The van der Waals surface area contributed by atoms with Crippen molar-refractivity contribution in [3.63, 3.8) is 0 Å². The van der Waals surface area contributed by atoms with Crippen LogP contribution in [0.15, 0.2) is 42.0 Å². The van der Waals surface area contributed by atoms with Crippen LogP contribution in [0.3, 0.4) is 0 Å². The third-order valence-electron chi connectivity index (χ3n) is 5.51. The van der Waals surface area contributed by atoms with Crippen LogP contribution in [0, 0.1) is 10.8 Å². The van der Waals surface area contributed by atoms with E-state index in [1.54, 1.807) is 33.8 Å². The van der Waals surface area contributed by atoms with Gasteiger partial charge in [0.15, 0.2) is 11.6 Å². The van der Waals surface area contributed by atoms with Crippen LogP contribution in [-0.4, -0.2) is 24.5 Å². The molecule has 0 unspecified atom stereocenters. The van der Waals surface area contributed by atoms with Gasteiger partial charge in [0.2, 0.25) is 5.79 Å². The fourth-order valence-corrected chi connectivity index (χ4v) is 3.91. The molecule has 5 nitrogen and oxygen atoms in total. The molecule has 0 saturated heterocycles. The number of carbonyl (C=O) groups excluding carboxylic acids is 2. The molecule has 1 fully saturated rings. The molecule has 3 rings (SSSR count). The Bertz CT molecular complexity index is 762. The smallest absolute Gasteiger partial charge is 0.243 e. The molecule has 0 bridgehead atoms. The van der Waals surface area contributed by atoms with Gasteiger partial charge in [0, 0.05) is 7.11 Å². The summed E-state index contributed by atoms with van der Waals surface area (Å²) in [5, 5.41) is 0. The summed E-state index contributed by atoms with van der Waals surface area (Å²) in [6, 6.07) is 9.48. The van der Waals surface area contributed by atoms with Crippen molar-refractivity contribution < 1.29 is 24.1 Å². The second kappa shape index (κ2) is 5.34. The topological polar surface area (TPSA) is 61.8 Å². The lowest BCUT2D eigenvalue weighted by molar-refractivity contribution is -0.472. The van der Waals surface area contributed by atoms with E-state index in [1.165, 1.54) is 7.11 Å². The van der Waals surface area contributed by atoms with Crippen LogP contribution < -0.4 is 0 Å². The molecule has 0 N–H and O–H groups in total. The number of ether oxygens (including phenoxy) is 1. The minimum Gasteiger partial charge on any atom is -0.346 e. The van der Waals surface area contributed by atoms with E-state index < -0.39 is 22.2 Å². The predicted octanol–water partition coefficient (Wildman–Crippen LogP) is 3.34. The molecule has 2 atom stereocenters. The average molecular weight is 344 g/mol. The lowest BCUT2D eigenvalue weighted by Crippen LogP contribution is -2.67. The van der Waals surface area contributed by atoms with Crippen molar-refractivity contribution >= 4 is 11.6 Å². The van der Waals surface area contributed by atoms with E-state index in [2.05, 4.69) is 0 Å². The minimum absolute atomic E-state index is 0.240. The average Bonchev–Trinajstić information content (AvgIpc) is 2.60. The van der Waals surface area contributed by atoms with Crippen molar-refractivity contribution in [3.8, 4) is 0 Å². The van der Waals surface area contributed by atoms with Gasteiger partial charge in [-0.2, -0.15) is 4.89 Å². The van der Waals surface area contributed by atoms with E-state index in [0.29, 0.717) is 5.57 Å². The lowest BCUT2D eigenvalue weighted by atomic mass is 9.57. The minimum atomic E-state index is -1.56. The summed E-state index contributed by atoms with van der Waals surface area (Å²) in [6.45, 7) is 8.55. The van der Waals surface area contributed by atoms with Crippen molar-refractivity contribution in [3.05, 3.63) is 47.5 Å². The van der Waals surface area contributed by atoms with Crippen LogP contribution >= 0.6 is 0 Å². The zero-order valence-electron chi connectivity index (χ0n) is 15.5. The molecule has 0 spiro atoms. The number of fused-ring (bicyclic) bond motifs is 1. The van der Waals surface area contributed by atoms with Crippen molar-refractivity contribution in [2.24, 2.45) is 10.8 Å². The maximum absolute atomic E-state index is 13.2. The number of Topliss-reactive ketones (excluding diaryl/α,β-unsaturated/α-hetero) is 2. The molecular weight excluding hydrogens is 320 g/mol. The van der Waals surface area contributed by atoms with E-state index in [-0.39, 0.29) is 11.6 Å². The van der Waals surface area contributed by atoms with E-state index in [4.69, 9.17) is 14.5 Å². The summed E-state index contributed by atoms with van der Waals surface area (Å²) in [7, 11) is 1.42. The van der Waals surface area contributed by atoms with Gasteiger partial charge >= 0.3 is 0 Å². The molecule has 0 amide bonds. The molecule has 0 radical (unpaired) electrons. The quantitative estimate of drug-likeness (QED) is 0.608. The summed E-state index contributed by atoms with van der Waals surface area (Å²) in [6.07, 6.45) is 1.73. The van der Waals surface area contributed by atoms with Crippen LogP contribution in [0.5, 0.6) is 0 Å². The number of benzene rings is 1. The molecule has 1 aliphatic heterocycles. The Kier molecular flexibility index (Phi) is 3.84. The Morgan fingerprint density at radius 2 is 1.52 bits per heavy atom. The van der Waals surface area contributed by atoms with Gasteiger partial charge in [0.25, 0.3) is 0 Å². The molecule has 0 aromatic heterocycles. The van der Waals surface area contributed by atoms with Crippen molar-refractivity contribution in [2.45, 2.75) is 46.0 Å². The van der Waals surface area contributed by atoms with Gasteiger partial charge < -0.3 is 4.74 Å². The van der Waals surface area contributed by atoms with Gasteiger partial charge in [-0.25, -0.2) is 4.89 Å². The summed E-state index contributed by atoms with van der Waals surface area (Å²) in [5.74, 6) is -2.11. The second-order valence-electron chi connectivity index (χ2n) is 7.93. The third-order valence-corrected chi connectivity index (χ3v) is 5.51. The maximum Gasteiger partial charge on any atom is 0.243 e. The molecule has 5 heteroatoms. The SMILES string of the molecule is CO[C@]12OO[C@](C)(c3ccccc3)C=C1C(=O)C(C)(C)C(=O)C2(C)C. The Morgan fingerprint density at radius 1 is 0.920 bits per heavy atom. The highest BCUT2D eigenvalue weighted by molar-refractivity contribution is 6.19. The molecule has 1 aromatic rings. The van der Waals surface area contributed by atoms with Crippen LogP contribution in [-0.2, 0) is 29.7 Å². The summed E-state index contributed by atoms with van der Waals surface area (Å²) < 4.78 is 5.60. The number of hydrogen-bond donors (Lipinski definition) is 0. The first-order valence-electron chi connectivity index (χ1n) is 8.33. The molecule has 1 heterocycles. The van der Waals surface area contributed by atoms with Crippen molar-refractivity contribution in [1.29, 1.82) is 0 Å². The number of carbonyl (C=O) groups is 2. The van der Waals surface area contributed by atoms with Crippen LogP contribution in [0.25, 0.3) is 0 Å². The van der Waals surface area contributed by atoms with Crippen molar-refractivity contribution in [1.82, 2.24) is 0 Å². The van der Waals surface area contributed by atoms with Gasteiger partial charge in [-0.05, 0) is 46.3 Å². The summed E-state index contributed by atoms with van der Waals surface area (Å²) in [5.41, 5.74) is -2.05. The molecule has 134 valence electrons. The molecule has 25 heavy (non-hydrogen) atoms. The standard InChI is InChI=1S/C20H24O5/c1-17(2)15(21)14-12-19(5,13-10-8-7-9-11-13)24-25-20(14,23-6)18(3,4)16(17)22/h7-12H,1-6H3/t19-,20-/m0/s1. The molecule has 1 saturated carbocycles. The highest BCUT2D eigenvalue weighted by Crippen LogP contribution is 2.55. The lowest BCUT2D eigenvalue weighted by Gasteiger charge is -2.54. The Hall–Kier alpha value is -1.82. The normalized spacial score (nSPS) is 33.6. The van der Waals surface area contributed by atoms with Crippen LogP contribution in [0.4, 0.5) is 0 Å². The first-order chi connectivity index (χ1) is 11.5. The fraction of sp³-hybridized carbons (Fsp3) is 0.500. The van der Waals surface area contributed by atoms with E-state index in [1.807, 2.05) is 37.3 Å². The van der Waals surface area contributed by atoms with E-state index >= 15 is 0 Å². The third kappa shape index (κ3) is 2.19. The molecule has 2 aliphatic rings. The molecular formula is C20H24O5. The van der Waals surface area contributed by atoms with Gasteiger partial charge in [-0.3, -0.25) is 9.59 Å². The van der Waals surface area contributed by atoms with Gasteiger partial charge in [0.1, 0.15) is 5.60 Å². The van der Waals surface area contributed by atoms with Crippen LogP contribution in [0.2, 0.25) is 0 Å². The van der Waals surface area contributed by atoms with E-state index in [9.17, 15) is 9.59 Å². The van der Waals surface area contributed by atoms with Crippen LogP contribution in [0.1, 0.15) is 40.2 Å². The fourth-order valence-electron chi connectivity index (χ4n) is 3.91. The van der Waals surface area contributed by atoms with Gasteiger partial charge in [-0.1, -0.05) is 30.3 Å². The first kappa shape index (κ1) is 18.0. The Labute approximate surface area is 147 Å². The Balaban J connectivity index is 2.24. The van der Waals surface area contributed by atoms with Gasteiger partial charge in [0.05, 0.1) is 16.4 Å². The second-order valence-corrected chi connectivity index (χ2v) is 7.93. The zero-order valence-corrected chi connectivity index (χ0v) is 15.5. The molecule has 1 aromatic carbocycles. The number of rotatable bonds is 2. The maximum atomic E-state index is 13.2. The Morgan fingerprint density at radius 3 is 2.08 bits per heavy atom. The monoisotopic (exact) mass is 344 g/mol. The largest absolute Gasteiger partial charge is 0.346 e. The first-order valence-corrected chi connectivity index (χ1v) is 8.33. The number of methoxy groups -OCH3 is 1. The number of hydrogen-bond acceptors (Lipinski definition) is 5. The highest BCUT2D eigenvalue weighted by atomic mass is 17.2. The molecule has 1 aliphatic carbocycles. The van der Waals surface area contributed by atoms with Crippen molar-refractivity contribution in [2.75, 3.05) is 7.11 Å². The predicted molar refractivity (Wildman–Crippen MR) is 91.4 cm³/mol. The zero-order chi connectivity index (χ0) is 18.7. The summed E-state index contributed by atoms with van der Waals surface area (Å²) >= 11 is 0. The van der Waals surface area contributed by atoms with Gasteiger partial charge in [-0.15, -0.1) is 0 Å². The highest BCUT2D eigenvalue weighted by Gasteiger charge is 2.68.